The van der Waals surface area contributed by atoms with Crippen LogP contribution in [-0.4, -0.2) is 31.1 Å². The number of aryl methyl sites for hydroxylation is 1. The predicted octanol–water partition coefficient (Wildman–Crippen LogP) is 3.22. The number of benzene rings is 2. The SMILES string of the molecule is Cc1cccc(C(=O)N2CC/C(=N\OS(=O)(=O)O)c3ccc(Cl)cc32)c1. The van der Waals surface area contributed by atoms with E-state index in [2.05, 4.69) is 9.44 Å². The largest absolute Gasteiger partial charge is 0.466 e. The van der Waals surface area contributed by atoms with Crippen molar-refractivity contribution >= 4 is 39.3 Å². The Balaban J connectivity index is 2.02. The number of anilines is 1. The first-order valence-corrected chi connectivity index (χ1v) is 9.40. The highest BCUT2D eigenvalue weighted by Gasteiger charge is 2.28. The maximum Gasteiger partial charge on any atom is 0.466 e. The van der Waals surface area contributed by atoms with E-state index in [1.54, 1.807) is 41.3 Å². The molecule has 0 unspecified atom stereocenters. The number of halogens is 1. The van der Waals surface area contributed by atoms with Crippen molar-refractivity contribution in [2.24, 2.45) is 5.16 Å². The topological polar surface area (TPSA) is 96.3 Å². The second-order valence-electron chi connectivity index (χ2n) is 5.78. The number of fused-ring (bicyclic) bond motifs is 1. The van der Waals surface area contributed by atoms with Gasteiger partial charge in [0.2, 0.25) is 0 Å². The van der Waals surface area contributed by atoms with Gasteiger partial charge in [-0.05, 0) is 37.3 Å². The highest BCUT2D eigenvalue weighted by atomic mass is 35.5. The molecule has 1 aliphatic rings. The van der Waals surface area contributed by atoms with Crippen LogP contribution in [0, 0.1) is 6.92 Å². The molecule has 1 heterocycles. The Morgan fingerprint density at radius 2 is 2.04 bits per heavy atom. The zero-order chi connectivity index (χ0) is 18.9. The molecule has 0 aliphatic carbocycles. The Labute approximate surface area is 155 Å². The van der Waals surface area contributed by atoms with Crippen LogP contribution in [-0.2, 0) is 14.7 Å². The number of hydrogen-bond donors (Lipinski definition) is 1. The van der Waals surface area contributed by atoms with Gasteiger partial charge < -0.3 is 4.90 Å². The van der Waals surface area contributed by atoms with Gasteiger partial charge in [0.15, 0.2) is 0 Å². The van der Waals surface area contributed by atoms with E-state index in [1.807, 2.05) is 13.0 Å². The van der Waals surface area contributed by atoms with Gasteiger partial charge in [-0.1, -0.05) is 34.5 Å². The minimum absolute atomic E-state index is 0.202. The van der Waals surface area contributed by atoms with Gasteiger partial charge in [-0.15, -0.1) is 0 Å². The summed E-state index contributed by atoms with van der Waals surface area (Å²) in [6.07, 6.45) is 0.252. The quantitative estimate of drug-likeness (QED) is 0.636. The first-order valence-electron chi connectivity index (χ1n) is 7.66. The zero-order valence-corrected chi connectivity index (χ0v) is 15.3. The summed E-state index contributed by atoms with van der Waals surface area (Å²) < 4.78 is 34.4. The molecule has 0 aromatic heterocycles. The molecule has 1 aliphatic heterocycles. The molecule has 0 saturated carbocycles. The molecule has 0 bridgehead atoms. The van der Waals surface area contributed by atoms with Crippen molar-refractivity contribution < 1.29 is 22.0 Å². The molecule has 0 fully saturated rings. The molecule has 0 radical (unpaired) electrons. The highest BCUT2D eigenvalue weighted by molar-refractivity contribution is 7.80. The van der Waals surface area contributed by atoms with Crippen LogP contribution < -0.4 is 4.90 Å². The smallest absolute Gasteiger partial charge is 0.307 e. The predicted molar refractivity (Wildman–Crippen MR) is 98.1 cm³/mol. The van der Waals surface area contributed by atoms with E-state index >= 15 is 0 Å². The summed E-state index contributed by atoms with van der Waals surface area (Å²) in [4.78, 5) is 14.5. The Hall–Kier alpha value is -2.42. The van der Waals surface area contributed by atoms with Crippen LogP contribution in [0.4, 0.5) is 5.69 Å². The Bertz CT molecular complexity index is 1000. The van der Waals surface area contributed by atoms with Crippen LogP contribution in [0.2, 0.25) is 5.02 Å². The Kier molecular flexibility index (Phi) is 4.99. The summed E-state index contributed by atoms with van der Waals surface area (Å²) in [6, 6.07) is 12.0. The lowest BCUT2D eigenvalue weighted by Crippen LogP contribution is -2.37. The van der Waals surface area contributed by atoms with Gasteiger partial charge in [-0.3, -0.25) is 9.35 Å². The molecule has 1 amide bonds. The summed E-state index contributed by atoms with van der Waals surface area (Å²) in [6.45, 7) is 2.16. The van der Waals surface area contributed by atoms with Crippen molar-refractivity contribution in [2.75, 3.05) is 11.4 Å². The molecule has 1 N–H and O–H groups in total. The Morgan fingerprint density at radius 3 is 2.73 bits per heavy atom. The lowest BCUT2D eigenvalue weighted by molar-refractivity contribution is 0.0986. The van der Waals surface area contributed by atoms with E-state index in [4.69, 9.17) is 16.2 Å². The number of nitrogens with zero attached hydrogens (tertiary/aromatic N) is 2. The minimum Gasteiger partial charge on any atom is -0.307 e. The standard InChI is InChI=1S/C17H15ClN2O5S/c1-11-3-2-4-12(9-11)17(21)20-8-7-15(19-25-26(22,23)24)14-6-5-13(18)10-16(14)20/h2-6,9-10H,7-8H2,1H3,(H,22,23,24)/b19-15+. The third kappa shape index (κ3) is 4.04. The number of oxime groups is 1. The number of amides is 1. The van der Waals surface area contributed by atoms with Crippen LogP contribution in [0.5, 0.6) is 0 Å². The second kappa shape index (κ2) is 7.06. The minimum atomic E-state index is -4.71. The van der Waals surface area contributed by atoms with E-state index < -0.39 is 10.4 Å². The molecule has 7 nitrogen and oxygen atoms in total. The first kappa shape index (κ1) is 18.4. The fourth-order valence-corrected chi connectivity index (χ4v) is 3.13. The highest BCUT2D eigenvalue weighted by Crippen LogP contribution is 2.32. The molecule has 0 atom stereocenters. The molecule has 136 valence electrons. The van der Waals surface area contributed by atoms with E-state index in [0.717, 1.165) is 5.56 Å². The normalized spacial score (nSPS) is 15.7. The van der Waals surface area contributed by atoms with Crippen molar-refractivity contribution in [1.29, 1.82) is 0 Å². The van der Waals surface area contributed by atoms with Gasteiger partial charge in [-0.2, -0.15) is 8.42 Å². The number of hydrogen-bond acceptors (Lipinski definition) is 5. The van der Waals surface area contributed by atoms with E-state index in [-0.39, 0.29) is 18.9 Å². The maximum atomic E-state index is 12.9. The molecule has 2 aromatic rings. The lowest BCUT2D eigenvalue weighted by Gasteiger charge is -2.30. The monoisotopic (exact) mass is 394 g/mol. The van der Waals surface area contributed by atoms with Crippen molar-refractivity contribution in [3.63, 3.8) is 0 Å². The molecule has 0 spiro atoms. The molecule has 2 aromatic carbocycles. The maximum absolute atomic E-state index is 12.9. The summed E-state index contributed by atoms with van der Waals surface area (Å²) in [5.41, 5.74) is 2.79. The van der Waals surface area contributed by atoms with Crippen LogP contribution in [0.25, 0.3) is 0 Å². The van der Waals surface area contributed by atoms with Gasteiger partial charge in [0.05, 0.1) is 11.4 Å². The van der Waals surface area contributed by atoms with Gasteiger partial charge in [-0.25, -0.2) is 4.28 Å². The zero-order valence-electron chi connectivity index (χ0n) is 13.7. The molecular weight excluding hydrogens is 380 g/mol. The van der Waals surface area contributed by atoms with E-state index in [1.165, 1.54) is 0 Å². The number of rotatable bonds is 3. The van der Waals surface area contributed by atoms with Crippen LogP contribution in [0.3, 0.4) is 0 Å². The number of carbonyl (C=O) groups is 1. The molecule has 3 rings (SSSR count). The van der Waals surface area contributed by atoms with Gasteiger partial charge in [0.25, 0.3) is 5.91 Å². The van der Waals surface area contributed by atoms with Gasteiger partial charge in [0, 0.05) is 29.1 Å². The lowest BCUT2D eigenvalue weighted by atomic mass is 9.98. The molecule has 26 heavy (non-hydrogen) atoms. The molecule has 9 heteroatoms. The van der Waals surface area contributed by atoms with Crippen molar-refractivity contribution in [3.05, 3.63) is 64.2 Å². The summed E-state index contributed by atoms with van der Waals surface area (Å²) in [5, 5.41) is 3.92. The van der Waals surface area contributed by atoms with E-state index in [9.17, 15) is 13.2 Å². The van der Waals surface area contributed by atoms with Crippen molar-refractivity contribution in [3.8, 4) is 0 Å². The van der Waals surface area contributed by atoms with Gasteiger partial charge >= 0.3 is 10.4 Å². The average Bonchev–Trinajstić information content (AvgIpc) is 2.58. The third-order valence-corrected chi connectivity index (χ3v) is 4.38. The second-order valence-corrected chi connectivity index (χ2v) is 7.22. The number of carbonyl (C=O) groups excluding carboxylic acids is 1. The van der Waals surface area contributed by atoms with Crippen molar-refractivity contribution in [1.82, 2.24) is 0 Å². The Morgan fingerprint density at radius 1 is 1.27 bits per heavy atom. The third-order valence-electron chi connectivity index (χ3n) is 3.89. The van der Waals surface area contributed by atoms with Crippen molar-refractivity contribution in [2.45, 2.75) is 13.3 Å². The molecule has 0 saturated heterocycles. The molecular formula is C17H15ClN2O5S. The summed E-state index contributed by atoms with van der Waals surface area (Å²) in [7, 11) is -4.71. The van der Waals surface area contributed by atoms with Crippen LogP contribution >= 0.6 is 11.6 Å². The first-order chi connectivity index (χ1) is 12.2. The van der Waals surface area contributed by atoms with E-state index in [0.29, 0.717) is 27.5 Å². The van der Waals surface area contributed by atoms with Crippen LogP contribution in [0.15, 0.2) is 47.6 Å². The summed E-state index contributed by atoms with van der Waals surface area (Å²) in [5.74, 6) is -0.202. The van der Waals surface area contributed by atoms with Gasteiger partial charge in [0.1, 0.15) is 0 Å². The fourth-order valence-electron chi connectivity index (χ4n) is 2.78. The summed E-state index contributed by atoms with van der Waals surface area (Å²) >= 11 is 6.07. The average molecular weight is 395 g/mol. The van der Waals surface area contributed by atoms with Crippen LogP contribution in [0.1, 0.15) is 27.9 Å². The fraction of sp³-hybridized carbons (Fsp3) is 0.176.